The van der Waals surface area contributed by atoms with E-state index in [1.54, 1.807) is 18.2 Å². The molecule has 3 heterocycles. The van der Waals surface area contributed by atoms with E-state index >= 15 is 0 Å². The number of rotatable bonds is 6. The normalized spacial score (nSPS) is 11.5. The van der Waals surface area contributed by atoms with Crippen LogP contribution in [0.1, 0.15) is 39.9 Å². The predicted molar refractivity (Wildman–Crippen MR) is 124 cm³/mol. The van der Waals surface area contributed by atoms with E-state index in [9.17, 15) is 22.8 Å². The molecule has 0 atom stereocenters. The number of amides is 2. The second-order valence-electron chi connectivity index (χ2n) is 7.41. The second-order valence-corrected chi connectivity index (χ2v) is 7.81. The third-order valence-corrected chi connectivity index (χ3v) is 5.25. The summed E-state index contributed by atoms with van der Waals surface area (Å²) in [6.07, 6.45) is -1.34. The van der Waals surface area contributed by atoms with E-state index in [1.165, 1.54) is 30.6 Å². The summed E-state index contributed by atoms with van der Waals surface area (Å²) in [5.74, 6) is -1.59. The Balaban J connectivity index is 1.81. The molecular weight excluding hydrogens is 485 g/mol. The largest absolute Gasteiger partial charge is 0.435 e. The molecule has 2 amide bonds. The highest BCUT2D eigenvalue weighted by molar-refractivity contribution is 6.32. The fraction of sp³-hybridized carbons (Fsp3) is 0.174. The number of pyridine rings is 2. The highest BCUT2D eigenvalue weighted by atomic mass is 35.5. The lowest BCUT2D eigenvalue weighted by atomic mass is 10.1. The minimum Gasteiger partial charge on any atom is -0.352 e. The Hall–Kier alpha value is -3.99. The van der Waals surface area contributed by atoms with E-state index in [0.29, 0.717) is 29.9 Å². The molecule has 0 spiro atoms. The number of aromatic nitrogens is 4. The first kappa shape index (κ1) is 24.1. The molecular formula is C23H18ClF3N6O2. The number of benzene rings is 1. The lowest BCUT2D eigenvalue weighted by Gasteiger charge is -2.14. The van der Waals surface area contributed by atoms with Crippen molar-refractivity contribution in [2.75, 3.05) is 11.9 Å². The number of halogens is 4. The second kappa shape index (κ2) is 9.71. The molecule has 4 rings (SSSR count). The minimum atomic E-state index is -4.82. The zero-order valence-corrected chi connectivity index (χ0v) is 19.0. The molecule has 0 fully saturated rings. The molecule has 0 saturated carbocycles. The van der Waals surface area contributed by atoms with Gasteiger partial charge in [-0.2, -0.15) is 18.3 Å². The van der Waals surface area contributed by atoms with Crippen LogP contribution in [0.15, 0.2) is 54.9 Å². The van der Waals surface area contributed by atoms with Gasteiger partial charge in [-0.15, -0.1) is 0 Å². The number of carbonyl (C=O) groups is 2. The Morgan fingerprint density at radius 2 is 1.80 bits per heavy atom. The molecule has 4 aromatic rings. The topological polar surface area (TPSA) is 102 Å². The molecule has 12 heteroatoms. The van der Waals surface area contributed by atoms with Gasteiger partial charge >= 0.3 is 6.18 Å². The molecule has 180 valence electrons. The lowest BCUT2D eigenvalue weighted by molar-refractivity contribution is -0.141. The molecule has 1 aromatic carbocycles. The summed E-state index contributed by atoms with van der Waals surface area (Å²) in [4.78, 5) is 34.4. The number of nitrogens with one attached hydrogen (secondary N) is 2. The van der Waals surface area contributed by atoms with Gasteiger partial charge in [0, 0.05) is 30.4 Å². The van der Waals surface area contributed by atoms with E-state index in [2.05, 4.69) is 25.7 Å². The van der Waals surface area contributed by atoms with Crippen LogP contribution in [0.2, 0.25) is 5.02 Å². The highest BCUT2D eigenvalue weighted by Crippen LogP contribution is 2.31. The summed E-state index contributed by atoms with van der Waals surface area (Å²) >= 11 is 6.10. The first-order valence-electron chi connectivity index (χ1n) is 10.5. The molecule has 2 N–H and O–H groups in total. The average molecular weight is 503 g/mol. The maximum atomic E-state index is 13.4. The van der Waals surface area contributed by atoms with E-state index in [-0.39, 0.29) is 22.1 Å². The Kier molecular flexibility index (Phi) is 6.70. The van der Waals surface area contributed by atoms with Crippen molar-refractivity contribution in [2.45, 2.75) is 19.5 Å². The van der Waals surface area contributed by atoms with Crippen molar-refractivity contribution in [3.05, 3.63) is 76.8 Å². The van der Waals surface area contributed by atoms with E-state index in [0.717, 1.165) is 4.68 Å². The number of fused-ring (bicyclic) bond motifs is 1. The lowest BCUT2D eigenvalue weighted by Crippen LogP contribution is -2.27. The highest BCUT2D eigenvalue weighted by Gasteiger charge is 2.36. The number of hydrogen-bond acceptors (Lipinski definition) is 5. The number of alkyl halides is 3. The summed E-state index contributed by atoms with van der Waals surface area (Å²) in [5, 5.41) is 9.43. The average Bonchev–Trinajstić information content (AvgIpc) is 3.29. The third-order valence-electron chi connectivity index (χ3n) is 4.96. The predicted octanol–water partition coefficient (Wildman–Crippen LogP) is 4.88. The van der Waals surface area contributed by atoms with Crippen molar-refractivity contribution in [3.8, 4) is 5.82 Å². The Bertz CT molecular complexity index is 1420. The maximum absolute atomic E-state index is 13.4. The van der Waals surface area contributed by atoms with Gasteiger partial charge in [-0.1, -0.05) is 30.7 Å². The Morgan fingerprint density at radius 3 is 2.51 bits per heavy atom. The van der Waals surface area contributed by atoms with Gasteiger partial charge in [0.2, 0.25) is 0 Å². The van der Waals surface area contributed by atoms with Crippen molar-refractivity contribution in [1.82, 2.24) is 25.1 Å². The zero-order valence-electron chi connectivity index (χ0n) is 18.2. The summed E-state index contributed by atoms with van der Waals surface area (Å²) in [6.45, 7) is 2.27. The van der Waals surface area contributed by atoms with Crippen LogP contribution in [-0.2, 0) is 6.18 Å². The smallest absolute Gasteiger partial charge is 0.352 e. The molecule has 0 aliphatic rings. The van der Waals surface area contributed by atoms with Crippen molar-refractivity contribution in [2.24, 2.45) is 0 Å². The van der Waals surface area contributed by atoms with Crippen LogP contribution >= 0.6 is 11.6 Å². The molecule has 8 nitrogen and oxygen atoms in total. The van der Waals surface area contributed by atoms with Gasteiger partial charge in [0.05, 0.1) is 21.8 Å². The summed E-state index contributed by atoms with van der Waals surface area (Å²) in [6, 6.07) is 10.1. The van der Waals surface area contributed by atoms with Crippen LogP contribution in [0.5, 0.6) is 0 Å². The van der Waals surface area contributed by atoms with Crippen molar-refractivity contribution in [3.63, 3.8) is 0 Å². The summed E-state index contributed by atoms with van der Waals surface area (Å²) in [7, 11) is 0. The van der Waals surface area contributed by atoms with Gasteiger partial charge in [0.25, 0.3) is 11.8 Å². The quantitative estimate of drug-likeness (QED) is 0.391. The van der Waals surface area contributed by atoms with Crippen LogP contribution in [0, 0.1) is 0 Å². The van der Waals surface area contributed by atoms with E-state index < -0.39 is 29.4 Å². The number of nitrogens with zero attached hydrogens (tertiary/aromatic N) is 4. The fourth-order valence-electron chi connectivity index (χ4n) is 3.37. The standard InChI is InChI=1S/C23H18ClF3N6O2/c1-2-9-30-22(35)18-15(8-7-13-5-3-10-28-19(13)18)31-21(34)16-12-17(23(25,26)27)32-33(16)20-14(24)6-4-11-29-20/h3-8,10-12H,2,9H2,1H3,(H,30,35)(H,31,34). The van der Waals surface area contributed by atoms with Crippen molar-refractivity contribution < 1.29 is 22.8 Å². The van der Waals surface area contributed by atoms with Gasteiger partial charge < -0.3 is 10.6 Å². The van der Waals surface area contributed by atoms with Crippen LogP contribution in [-0.4, -0.2) is 38.1 Å². The van der Waals surface area contributed by atoms with E-state index in [4.69, 9.17) is 11.6 Å². The molecule has 0 aliphatic carbocycles. The van der Waals surface area contributed by atoms with Crippen LogP contribution in [0.3, 0.4) is 0 Å². The zero-order chi connectivity index (χ0) is 25.2. The van der Waals surface area contributed by atoms with Crippen LogP contribution < -0.4 is 10.6 Å². The summed E-state index contributed by atoms with van der Waals surface area (Å²) < 4.78 is 41.0. The molecule has 0 radical (unpaired) electrons. The van der Waals surface area contributed by atoms with Crippen LogP contribution in [0.4, 0.5) is 18.9 Å². The maximum Gasteiger partial charge on any atom is 0.435 e. The van der Waals surface area contributed by atoms with Crippen molar-refractivity contribution >= 4 is 40.0 Å². The van der Waals surface area contributed by atoms with Gasteiger partial charge in [-0.25, -0.2) is 9.67 Å². The number of anilines is 1. The monoisotopic (exact) mass is 502 g/mol. The summed E-state index contributed by atoms with van der Waals surface area (Å²) in [5.41, 5.74) is -1.29. The van der Waals surface area contributed by atoms with Crippen LogP contribution in [0.25, 0.3) is 16.7 Å². The molecule has 0 aliphatic heterocycles. The SMILES string of the molecule is CCCNC(=O)c1c(NC(=O)c2cc(C(F)(F)F)nn2-c2ncccc2Cl)ccc2cccnc12. The molecule has 0 bridgehead atoms. The van der Waals surface area contributed by atoms with Gasteiger partial charge in [0.15, 0.2) is 11.5 Å². The van der Waals surface area contributed by atoms with Gasteiger partial charge in [-0.05, 0) is 30.7 Å². The first-order chi connectivity index (χ1) is 16.7. The van der Waals surface area contributed by atoms with Gasteiger partial charge in [-0.3, -0.25) is 14.6 Å². The molecule has 35 heavy (non-hydrogen) atoms. The fourth-order valence-corrected chi connectivity index (χ4v) is 3.57. The first-order valence-corrected chi connectivity index (χ1v) is 10.8. The number of hydrogen-bond donors (Lipinski definition) is 2. The Labute approximate surface area is 202 Å². The minimum absolute atomic E-state index is 0.00656. The van der Waals surface area contributed by atoms with E-state index in [1.807, 2.05) is 6.92 Å². The Morgan fingerprint density at radius 1 is 1.06 bits per heavy atom. The molecule has 0 saturated heterocycles. The third kappa shape index (κ3) is 4.94. The molecule has 3 aromatic heterocycles. The van der Waals surface area contributed by atoms with Gasteiger partial charge in [0.1, 0.15) is 5.69 Å². The van der Waals surface area contributed by atoms with Crippen molar-refractivity contribution in [1.29, 1.82) is 0 Å². The number of carbonyl (C=O) groups excluding carboxylic acids is 2. The molecule has 0 unspecified atom stereocenters.